The second-order valence-corrected chi connectivity index (χ2v) is 7.25. The maximum Gasteiger partial charge on any atom is 0.174 e. The second kappa shape index (κ2) is 5.95. The van der Waals surface area contributed by atoms with E-state index in [1.54, 1.807) is 12.4 Å². The van der Waals surface area contributed by atoms with Crippen LogP contribution < -0.4 is 5.32 Å². The van der Waals surface area contributed by atoms with Gasteiger partial charge in [-0.3, -0.25) is 4.98 Å². The lowest BCUT2D eigenvalue weighted by molar-refractivity contribution is 0.321. The molecule has 0 spiro atoms. The van der Waals surface area contributed by atoms with Gasteiger partial charge < -0.3 is 5.32 Å². The molecular formula is C18H25N5. The minimum atomic E-state index is 0.778. The normalized spacial score (nSPS) is 25.9. The number of rotatable bonds is 5. The molecule has 5 nitrogen and oxygen atoms in total. The van der Waals surface area contributed by atoms with Gasteiger partial charge in [0.05, 0.1) is 18.1 Å². The minimum absolute atomic E-state index is 0.778. The number of hydrogen-bond acceptors (Lipinski definition) is 4. The molecule has 5 heteroatoms. The van der Waals surface area contributed by atoms with E-state index in [0.29, 0.717) is 0 Å². The summed E-state index contributed by atoms with van der Waals surface area (Å²) in [5, 5.41) is 7.93. The van der Waals surface area contributed by atoms with Gasteiger partial charge in [0, 0.05) is 12.2 Å². The van der Waals surface area contributed by atoms with E-state index in [0.717, 1.165) is 47.3 Å². The zero-order valence-corrected chi connectivity index (χ0v) is 14.0. The Kier molecular flexibility index (Phi) is 3.79. The monoisotopic (exact) mass is 311 g/mol. The molecule has 2 aliphatic carbocycles. The van der Waals surface area contributed by atoms with Gasteiger partial charge in [0.1, 0.15) is 5.82 Å². The van der Waals surface area contributed by atoms with Crippen molar-refractivity contribution in [2.75, 3.05) is 11.9 Å². The standard InChI is InChI=1S/C18H25N5/c1-12-7-13(2)23(22-12)18-11-19-10-17(21-18)20-6-5-16-9-14-3-4-15(16)8-14/h7,10-11,14-16H,3-6,8-9H2,1-2H3,(H,20,21)/t14-,15-,16+/m0/s1. The predicted octanol–water partition coefficient (Wildman–Crippen LogP) is 3.52. The maximum absolute atomic E-state index is 4.66. The fraction of sp³-hybridized carbons (Fsp3) is 0.611. The summed E-state index contributed by atoms with van der Waals surface area (Å²) in [4.78, 5) is 8.97. The summed E-state index contributed by atoms with van der Waals surface area (Å²) in [5.41, 5.74) is 2.08. The Morgan fingerprint density at radius 2 is 2.13 bits per heavy atom. The first-order chi connectivity index (χ1) is 11.2. The lowest BCUT2D eigenvalue weighted by Gasteiger charge is -2.21. The fourth-order valence-corrected chi connectivity index (χ4v) is 4.52. The van der Waals surface area contributed by atoms with Crippen molar-refractivity contribution in [3.8, 4) is 5.82 Å². The van der Waals surface area contributed by atoms with E-state index in [2.05, 4.69) is 26.4 Å². The highest BCUT2D eigenvalue weighted by Gasteiger charge is 2.38. The van der Waals surface area contributed by atoms with Gasteiger partial charge in [-0.05, 0) is 63.4 Å². The first kappa shape index (κ1) is 14.7. The number of nitrogens with zero attached hydrogens (tertiary/aromatic N) is 4. The van der Waals surface area contributed by atoms with E-state index in [-0.39, 0.29) is 0 Å². The van der Waals surface area contributed by atoms with Gasteiger partial charge in [0.25, 0.3) is 0 Å². The highest BCUT2D eigenvalue weighted by Crippen LogP contribution is 2.49. The molecule has 122 valence electrons. The first-order valence-electron chi connectivity index (χ1n) is 8.78. The Bertz CT molecular complexity index is 692. The third-order valence-electron chi connectivity index (χ3n) is 5.55. The number of aromatic nitrogens is 4. The van der Waals surface area contributed by atoms with E-state index < -0.39 is 0 Å². The van der Waals surface area contributed by atoms with Crippen molar-refractivity contribution < 1.29 is 0 Å². The molecule has 2 aromatic heterocycles. The number of aryl methyl sites for hydroxylation is 2. The van der Waals surface area contributed by atoms with Crippen LogP contribution in [0.15, 0.2) is 18.5 Å². The van der Waals surface area contributed by atoms with Gasteiger partial charge in [0.15, 0.2) is 5.82 Å². The van der Waals surface area contributed by atoms with Crippen LogP contribution in [-0.4, -0.2) is 26.3 Å². The maximum atomic E-state index is 4.66. The summed E-state index contributed by atoms with van der Waals surface area (Å²) < 4.78 is 1.85. The van der Waals surface area contributed by atoms with E-state index in [4.69, 9.17) is 0 Å². The van der Waals surface area contributed by atoms with Crippen LogP contribution in [0.2, 0.25) is 0 Å². The molecule has 2 aromatic rings. The zero-order chi connectivity index (χ0) is 15.8. The molecule has 0 amide bonds. The highest BCUT2D eigenvalue weighted by atomic mass is 15.3. The van der Waals surface area contributed by atoms with E-state index in [1.807, 2.05) is 18.5 Å². The van der Waals surface area contributed by atoms with E-state index in [1.165, 1.54) is 32.1 Å². The number of nitrogens with one attached hydrogen (secondary N) is 1. The van der Waals surface area contributed by atoms with Crippen LogP contribution in [0.25, 0.3) is 5.82 Å². The van der Waals surface area contributed by atoms with Crippen molar-refractivity contribution in [3.63, 3.8) is 0 Å². The van der Waals surface area contributed by atoms with Crippen molar-refractivity contribution in [1.82, 2.24) is 19.7 Å². The average molecular weight is 311 g/mol. The summed E-state index contributed by atoms with van der Waals surface area (Å²) in [6.45, 7) is 5.02. The highest BCUT2D eigenvalue weighted by molar-refractivity contribution is 5.36. The SMILES string of the molecule is Cc1cc(C)n(-c2cncc(NCC[C@@H]3C[C@H]4CC[C@H]3C4)n2)n1. The van der Waals surface area contributed by atoms with Crippen LogP contribution >= 0.6 is 0 Å². The van der Waals surface area contributed by atoms with Gasteiger partial charge in [-0.2, -0.15) is 5.10 Å². The summed E-state index contributed by atoms with van der Waals surface area (Å²) in [6.07, 6.45) is 10.7. The lowest BCUT2D eigenvalue weighted by Crippen LogP contribution is -2.16. The van der Waals surface area contributed by atoms with Gasteiger partial charge in [-0.1, -0.05) is 6.42 Å². The van der Waals surface area contributed by atoms with Crippen molar-refractivity contribution in [2.24, 2.45) is 17.8 Å². The number of fused-ring (bicyclic) bond motifs is 2. The zero-order valence-electron chi connectivity index (χ0n) is 14.0. The van der Waals surface area contributed by atoms with Gasteiger partial charge in [0.2, 0.25) is 0 Å². The average Bonchev–Trinajstić information content (AvgIpc) is 3.23. The van der Waals surface area contributed by atoms with Crippen molar-refractivity contribution >= 4 is 5.82 Å². The molecule has 2 fully saturated rings. The Morgan fingerprint density at radius 1 is 1.22 bits per heavy atom. The van der Waals surface area contributed by atoms with Crippen molar-refractivity contribution in [3.05, 3.63) is 29.8 Å². The Balaban J connectivity index is 1.38. The van der Waals surface area contributed by atoms with Crippen molar-refractivity contribution in [2.45, 2.75) is 46.0 Å². The van der Waals surface area contributed by atoms with Crippen LogP contribution in [0, 0.1) is 31.6 Å². The number of anilines is 1. The molecule has 3 atom stereocenters. The Labute approximate surface area is 137 Å². The van der Waals surface area contributed by atoms with E-state index >= 15 is 0 Å². The van der Waals surface area contributed by atoms with Crippen LogP contribution in [-0.2, 0) is 0 Å². The van der Waals surface area contributed by atoms with Gasteiger partial charge >= 0.3 is 0 Å². The summed E-state index contributed by atoms with van der Waals surface area (Å²) in [7, 11) is 0. The fourth-order valence-electron chi connectivity index (χ4n) is 4.52. The molecular weight excluding hydrogens is 286 g/mol. The van der Waals surface area contributed by atoms with Crippen LogP contribution in [0.1, 0.15) is 43.5 Å². The molecule has 0 radical (unpaired) electrons. The third kappa shape index (κ3) is 2.96. The van der Waals surface area contributed by atoms with Gasteiger partial charge in [-0.25, -0.2) is 9.67 Å². The van der Waals surface area contributed by atoms with Crippen LogP contribution in [0.3, 0.4) is 0 Å². The van der Waals surface area contributed by atoms with Gasteiger partial charge in [-0.15, -0.1) is 0 Å². The molecule has 1 N–H and O–H groups in total. The summed E-state index contributed by atoms with van der Waals surface area (Å²) in [5.74, 6) is 4.57. The minimum Gasteiger partial charge on any atom is -0.369 e. The predicted molar refractivity (Wildman–Crippen MR) is 90.7 cm³/mol. The van der Waals surface area contributed by atoms with Crippen LogP contribution in [0.5, 0.6) is 0 Å². The Hall–Kier alpha value is -1.91. The molecule has 4 rings (SSSR count). The summed E-state index contributed by atoms with van der Waals surface area (Å²) in [6, 6.07) is 2.05. The quantitative estimate of drug-likeness (QED) is 0.918. The molecule has 2 saturated carbocycles. The lowest BCUT2D eigenvalue weighted by atomic mass is 9.86. The molecule has 23 heavy (non-hydrogen) atoms. The van der Waals surface area contributed by atoms with Crippen molar-refractivity contribution in [1.29, 1.82) is 0 Å². The molecule has 2 bridgehead atoms. The topological polar surface area (TPSA) is 55.6 Å². The molecule has 0 aromatic carbocycles. The Morgan fingerprint density at radius 3 is 2.83 bits per heavy atom. The number of hydrogen-bond donors (Lipinski definition) is 1. The van der Waals surface area contributed by atoms with Crippen LogP contribution in [0.4, 0.5) is 5.82 Å². The molecule has 2 heterocycles. The smallest absolute Gasteiger partial charge is 0.174 e. The first-order valence-corrected chi connectivity index (χ1v) is 8.78. The molecule has 2 aliphatic rings. The third-order valence-corrected chi connectivity index (χ3v) is 5.55. The largest absolute Gasteiger partial charge is 0.369 e. The summed E-state index contributed by atoms with van der Waals surface area (Å²) >= 11 is 0. The van der Waals surface area contributed by atoms with E-state index in [9.17, 15) is 0 Å². The molecule has 0 aliphatic heterocycles. The molecule has 0 unspecified atom stereocenters. The second-order valence-electron chi connectivity index (χ2n) is 7.25. The molecule has 0 saturated heterocycles.